The highest BCUT2D eigenvalue weighted by Gasteiger charge is 2.09. The van der Waals surface area contributed by atoms with Crippen LogP contribution in [-0.2, 0) is 6.42 Å². The van der Waals surface area contributed by atoms with E-state index in [-0.39, 0.29) is 5.15 Å². The van der Waals surface area contributed by atoms with Crippen molar-refractivity contribution in [1.82, 2.24) is 9.97 Å². The highest BCUT2D eigenvalue weighted by atomic mass is 35.5. The summed E-state index contributed by atoms with van der Waals surface area (Å²) in [5, 5.41) is 2.21. The molecular weight excluding hydrogens is 315 g/mol. The van der Waals surface area contributed by atoms with Gasteiger partial charge in [0.15, 0.2) is 0 Å². The Morgan fingerprint density at radius 3 is 2.50 bits per heavy atom. The molecule has 0 saturated heterocycles. The van der Waals surface area contributed by atoms with Gasteiger partial charge in [0.25, 0.3) is 0 Å². The molecule has 1 aromatic carbocycles. The summed E-state index contributed by atoms with van der Waals surface area (Å²) in [5.41, 5.74) is 2.50. The van der Waals surface area contributed by atoms with Gasteiger partial charge in [-0.15, -0.1) is 0 Å². The zero-order valence-corrected chi connectivity index (χ0v) is 12.5. The second kappa shape index (κ2) is 5.57. The molecule has 0 saturated carbocycles. The number of rotatable bonds is 2. The first-order valence-electron chi connectivity index (χ1n) is 5.98. The van der Waals surface area contributed by atoms with Crippen LogP contribution in [0.25, 0.3) is 10.9 Å². The number of hydrogen-bond acceptors (Lipinski definition) is 2. The van der Waals surface area contributed by atoms with E-state index >= 15 is 0 Å². The summed E-state index contributed by atoms with van der Waals surface area (Å²) in [4.78, 5) is 8.80. The molecule has 2 nitrogen and oxygen atoms in total. The second-order valence-corrected chi connectivity index (χ2v) is 5.53. The van der Waals surface area contributed by atoms with E-state index in [2.05, 4.69) is 9.97 Å². The Morgan fingerprint density at radius 1 is 0.850 bits per heavy atom. The summed E-state index contributed by atoms with van der Waals surface area (Å²) in [6, 6.07) is 13.5. The van der Waals surface area contributed by atoms with Gasteiger partial charge in [0.1, 0.15) is 5.15 Å². The number of hydrogen-bond donors (Lipinski definition) is 0. The van der Waals surface area contributed by atoms with Gasteiger partial charge in [-0.1, -0.05) is 59.1 Å². The van der Waals surface area contributed by atoms with Crippen LogP contribution >= 0.6 is 34.8 Å². The Kier molecular flexibility index (Phi) is 3.79. The number of halogens is 3. The number of pyridine rings is 2. The summed E-state index contributed by atoms with van der Waals surface area (Å²) >= 11 is 17.9. The lowest BCUT2D eigenvalue weighted by Gasteiger charge is -2.06. The first kappa shape index (κ1) is 13.6. The van der Waals surface area contributed by atoms with E-state index in [1.807, 2.05) is 36.4 Å². The molecule has 0 spiro atoms. The van der Waals surface area contributed by atoms with Crippen molar-refractivity contribution in [1.29, 1.82) is 0 Å². The summed E-state index contributed by atoms with van der Waals surface area (Å²) in [6.07, 6.45) is 0.514. The van der Waals surface area contributed by atoms with E-state index in [1.54, 1.807) is 6.07 Å². The fourth-order valence-corrected chi connectivity index (χ4v) is 2.56. The number of aromatic nitrogens is 2. The number of nitrogens with zero attached hydrogens (tertiary/aromatic N) is 2. The standard InChI is InChI=1S/C15H9Cl3N2/c16-11-8-12(17)15(18)20-14(11)7-10-6-5-9-3-1-2-4-13(9)19-10/h1-6,8H,7H2. The molecular formula is C15H9Cl3N2. The lowest BCUT2D eigenvalue weighted by atomic mass is 10.1. The van der Waals surface area contributed by atoms with Gasteiger partial charge < -0.3 is 0 Å². The largest absolute Gasteiger partial charge is 0.252 e. The predicted molar refractivity (Wildman–Crippen MR) is 83.8 cm³/mol. The molecule has 5 heteroatoms. The van der Waals surface area contributed by atoms with Crippen LogP contribution in [0, 0.1) is 0 Å². The van der Waals surface area contributed by atoms with E-state index in [0.29, 0.717) is 22.2 Å². The molecule has 0 aliphatic rings. The predicted octanol–water partition coefficient (Wildman–Crippen LogP) is 5.18. The Balaban J connectivity index is 1.99. The molecule has 0 N–H and O–H groups in total. The summed E-state index contributed by atoms with van der Waals surface area (Å²) < 4.78 is 0. The Labute approximate surface area is 131 Å². The van der Waals surface area contributed by atoms with Gasteiger partial charge in [0.05, 0.1) is 21.3 Å². The van der Waals surface area contributed by atoms with Crippen LogP contribution in [0.1, 0.15) is 11.4 Å². The van der Waals surface area contributed by atoms with Gasteiger partial charge in [-0.3, -0.25) is 4.98 Å². The molecule has 0 unspecified atom stereocenters. The van der Waals surface area contributed by atoms with Crippen molar-refractivity contribution in [3.05, 3.63) is 69.1 Å². The van der Waals surface area contributed by atoms with Gasteiger partial charge in [-0.2, -0.15) is 0 Å². The fourth-order valence-electron chi connectivity index (χ4n) is 1.98. The van der Waals surface area contributed by atoms with E-state index in [9.17, 15) is 0 Å². The van der Waals surface area contributed by atoms with Crippen molar-refractivity contribution in [2.75, 3.05) is 0 Å². The third-order valence-corrected chi connectivity index (χ3v) is 3.96. The van der Waals surface area contributed by atoms with Crippen molar-refractivity contribution in [3.63, 3.8) is 0 Å². The van der Waals surface area contributed by atoms with Crippen LogP contribution in [0.5, 0.6) is 0 Å². The molecule has 2 heterocycles. The SMILES string of the molecule is Clc1cc(Cl)c(Cc2ccc3ccccc3n2)nc1Cl. The topological polar surface area (TPSA) is 25.8 Å². The van der Waals surface area contributed by atoms with Crippen molar-refractivity contribution < 1.29 is 0 Å². The zero-order valence-electron chi connectivity index (χ0n) is 10.3. The highest BCUT2D eigenvalue weighted by Crippen LogP contribution is 2.27. The van der Waals surface area contributed by atoms with E-state index in [1.165, 1.54) is 0 Å². The van der Waals surface area contributed by atoms with Crippen LogP contribution in [0.3, 0.4) is 0 Å². The molecule has 20 heavy (non-hydrogen) atoms. The molecule has 0 radical (unpaired) electrons. The minimum atomic E-state index is 0.256. The van der Waals surface area contributed by atoms with Crippen LogP contribution in [0.15, 0.2) is 42.5 Å². The van der Waals surface area contributed by atoms with E-state index in [0.717, 1.165) is 16.6 Å². The molecule has 100 valence electrons. The first-order valence-corrected chi connectivity index (χ1v) is 7.12. The van der Waals surface area contributed by atoms with Gasteiger partial charge >= 0.3 is 0 Å². The zero-order chi connectivity index (χ0) is 14.1. The maximum absolute atomic E-state index is 6.14. The van der Waals surface area contributed by atoms with Crippen LogP contribution in [0.2, 0.25) is 15.2 Å². The number of benzene rings is 1. The maximum Gasteiger partial charge on any atom is 0.148 e. The lowest BCUT2D eigenvalue weighted by Crippen LogP contribution is -1.97. The molecule has 0 fully saturated rings. The summed E-state index contributed by atoms with van der Waals surface area (Å²) in [5.74, 6) is 0. The smallest absolute Gasteiger partial charge is 0.148 e. The van der Waals surface area contributed by atoms with Crippen LogP contribution < -0.4 is 0 Å². The Hall–Kier alpha value is -1.35. The van der Waals surface area contributed by atoms with Crippen molar-refractivity contribution in [2.45, 2.75) is 6.42 Å². The van der Waals surface area contributed by atoms with Crippen molar-refractivity contribution >= 4 is 45.7 Å². The van der Waals surface area contributed by atoms with Crippen molar-refractivity contribution in [3.8, 4) is 0 Å². The molecule has 0 bridgehead atoms. The molecule has 2 aromatic heterocycles. The monoisotopic (exact) mass is 322 g/mol. The fraction of sp³-hybridized carbons (Fsp3) is 0.0667. The third-order valence-electron chi connectivity index (χ3n) is 2.96. The average Bonchev–Trinajstić information content (AvgIpc) is 2.44. The van der Waals surface area contributed by atoms with Crippen LogP contribution in [-0.4, -0.2) is 9.97 Å². The van der Waals surface area contributed by atoms with Gasteiger partial charge in [0.2, 0.25) is 0 Å². The van der Waals surface area contributed by atoms with Gasteiger partial charge in [0, 0.05) is 17.5 Å². The lowest BCUT2D eigenvalue weighted by molar-refractivity contribution is 1.03. The average molecular weight is 324 g/mol. The summed E-state index contributed by atoms with van der Waals surface area (Å²) in [6.45, 7) is 0. The minimum absolute atomic E-state index is 0.256. The molecule has 3 aromatic rings. The molecule has 3 rings (SSSR count). The normalized spacial score (nSPS) is 10.9. The Bertz CT molecular complexity index is 787. The third kappa shape index (κ3) is 2.73. The molecule has 0 aliphatic carbocycles. The van der Waals surface area contributed by atoms with Gasteiger partial charge in [-0.25, -0.2) is 4.98 Å². The molecule has 0 aliphatic heterocycles. The summed E-state index contributed by atoms with van der Waals surface area (Å²) in [7, 11) is 0. The maximum atomic E-state index is 6.14. The first-order chi connectivity index (χ1) is 9.63. The minimum Gasteiger partial charge on any atom is -0.252 e. The number of fused-ring (bicyclic) bond motifs is 1. The van der Waals surface area contributed by atoms with Crippen LogP contribution in [0.4, 0.5) is 0 Å². The van der Waals surface area contributed by atoms with Crippen molar-refractivity contribution in [2.24, 2.45) is 0 Å². The van der Waals surface area contributed by atoms with Gasteiger partial charge in [-0.05, 0) is 18.2 Å². The second-order valence-electron chi connectivity index (χ2n) is 4.36. The molecule has 0 atom stereocenters. The molecule has 0 amide bonds. The quantitative estimate of drug-likeness (QED) is 0.607. The number of para-hydroxylation sites is 1. The Morgan fingerprint density at radius 2 is 1.65 bits per heavy atom. The van der Waals surface area contributed by atoms with E-state index < -0.39 is 0 Å². The van der Waals surface area contributed by atoms with E-state index in [4.69, 9.17) is 34.8 Å². The highest BCUT2D eigenvalue weighted by molar-refractivity contribution is 6.42.